The van der Waals surface area contributed by atoms with Crippen molar-refractivity contribution in [2.75, 3.05) is 20.1 Å². The van der Waals surface area contributed by atoms with Crippen LogP contribution in [0.1, 0.15) is 28.2 Å². The van der Waals surface area contributed by atoms with Crippen molar-refractivity contribution >= 4 is 28.4 Å². The minimum atomic E-state index is 0.0566. The van der Waals surface area contributed by atoms with Crippen molar-refractivity contribution in [3.8, 4) is 11.4 Å². The van der Waals surface area contributed by atoms with E-state index in [4.69, 9.17) is 9.84 Å². The topological polar surface area (TPSA) is 47.4 Å². The third-order valence-corrected chi connectivity index (χ3v) is 6.96. The Hall–Kier alpha value is -2.19. The van der Waals surface area contributed by atoms with Crippen LogP contribution in [0.3, 0.4) is 0 Å². The minimum Gasteiger partial charge on any atom is -0.487 e. The molecule has 2 aromatic carbocycles. The Labute approximate surface area is 190 Å². The first kappa shape index (κ1) is 19.8. The molecule has 2 atom stereocenters. The van der Waals surface area contributed by atoms with Crippen LogP contribution in [0.5, 0.6) is 5.75 Å². The molecule has 0 N–H and O–H groups in total. The normalized spacial score (nSPS) is 21.2. The second-order valence-electron chi connectivity index (χ2n) is 8.24. The number of para-hydroxylation sites is 1. The lowest BCUT2D eigenvalue weighted by atomic mass is 9.73. The molecule has 2 heterocycles. The average Bonchev–Trinajstić information content (AvgIpc) is 3.13. The molecule has 30 heavy (non-hydrogen) atoms. The quantitative estimate of drug-likeness (QED) is 0.487. The monoisotopic (exact) mass is 513 g/mol. The van der Waals surface area contributed by atoms with Gasteiger partial charge in [0, 0.05) is 16.0 Å². The molecule has 1 fully saturated rings. The van der Waals surface area contributed by atoms with Crippen molar-refractivity contribution in [3.05, 3.63) is 75.1 Å². The third kappa shape index (κ3) is 3.67. The largest absolute Gasteiger partial charge is 0.487 e. The molecular formula is C24H24IN3O2. The van der Waals surface area contributed by atoms with E-state index in [-0.39, 0.29) is 11.7 Å². The van der Waals surface area contributed by atoms with Crippen molar-refractivity contribution in [1.29, 1.82) is 0 Å². The number of halogens is 1. The minimum absolute atomic E-state index is 0.0566. The number of Topliss-reactive ketones (excluding diaryl/α,β-unsaturated/α-hetero) is 1. The molecule has 2 aliphatic rings. The summed E-state index contributed by atoms with van der Waals surface area (Å²) < 4.78 is 9.14. The summed E-state index contributed by atoms with van der Waals surface area (Å²) in [6.07, 6.45) is 1.95. The van der Waals surface area contributed by atoms with E-state index in [1.54, 1.807) is 0 Å². The van der Waals surface area contributed by atoms with Gasteiger partial charge in [-0.25, -0.2) is 4.68 Å². The number of ether oxygens (including phenoxy) is 1. The van der Waals surface area contributed by atoms with E-state index in [2.05, 4.69) is 58.8 Å². The third-order valence-electron chi connectivity index (χ3n) is 6.24. The number of hydrogen-bond donors (Lipinski definition) is 0. The van der Waals surface area contributed by atoms with Gasteiger partial charge in [-0.2, -0.15) is 5.10 Å². The van der Waals surface area contributed by atoms with Gasteiger partial charge in [-0.15, -0.1) is 0 Å². The summed E-state index contributed by atoms with van der Waals surface area (Å²) in [5.74, 6) is 1.47. The standard InChI is InChI=1S/C24H24IN3O2/c1-27-12-11-16-13-22-23(24(29)20(16)14-27)21(15-30-19-5-3-2-4-6-19)26-28(22)18-9-7-17(25)8-10-18/h2-10,16,20H,11-15H2,1H3. The highest BCUT2D eigenvalue weighted by Crippen LogP contribution is 2.38. The van der Waals surface area contributed by atoms with Gasteiger partial charge in [-0.3, -0.25) is 4.79 Å². The Morgan fingerprint density at radius 3 is 2.67 bits per heavy atom. The van der Waals surface area contributed by atoms with Crippen molar-refractivity contribution in [3.63, 3.8) is 0 Å². The van der Waals surface area contributed by atoms with Crippen LogP contribution in [-0.4, -0.2) is 40.6 Å². The number of fused-ring (bicyclic) bond motifs is 2. The first-order valence-corrected chi connectivity index (χ1v) is 11.5. The number of hydrogen-bond acceptors (Lipinski definition) is 4. The van der Waals surface area contributed by atoms with Gasteiger partial charge in [0.2, 0.25) is 0 Å². The van der Waals surface area contributed by atoms with Crippen molar-refractivity contribution in [2.24, 2.45) is 11.8 Å². The highest BCUT2D eigenvalue weighted by Gasteiger charge is 2.42. The van der Waals surface area contributed by atoms with Crippen LogP contribution in [0.2, 0.25) is 0 Å². The molecule has 0 radical (unpaired) electrons. The molecule has 5 rings (SSSR count). The molecule has 0 spiro atoms. The second-order valence-corrected chi connectivity index (χ2v) is 9.49. The molecule has 1 saturated heterocycles. The molecule has 5 nitrogen and oxygen atoms in total. The van der Waals surface area contributed by atoms with Crippen LogP contribution in [-0.2, 0) is 13.0 Å². The van der Waals surface area contributed by atoms with Gasteiger partial charge in [-0.1, -0.05) is 18.2 Å². The van der Waals surface area contributed by atoms with Gasteiger partial charge < -0.3 is 9.64 Å². The van der Waals surface area contributed by atoms with Crippen LogP contribution in [0, 0.1) is 15.4 Å². The van der Waals surface area contributed by atoms with E-state index >= 15 is 0 Å². The van der Waals surface area contributed by atoms with Gasteiger partial charge in [-0.05, 0) is 91.3 Å². The van der Waals surface area contributed by atoms with Crippen LogP contribution in [0.25, 0.3) is 5.69 Å². The number of benzene rings is 2. The number of nitrogens with zero attached hydrogens (tertiary/aromatic N) is 3. The Morgan fingerprint density at radius 1 is 1.13 bits per heavy atom. The maximum absolute atomic E-state index is 13.6. The summed E-state index contributed by atoms with van der Waals surface area (Å²) in [7, 11) is 2.10. The molecule has 2 unspecified atom stereocenters. The van der Waals surface area contributed by atoms with Gasteiger partial charge in [0.15, 0.2) is 5.78 Å². The predicted octanol–water partition coefficient (Wildman–Crippen LogP) is 4.36. The van der Waals surface area contributed by atoms with Crippen molar-refractivity contribution < 1.29 is 9.53 Å². The van der Waals surface area contributed by atoms with Crippen LogP contribution < -0.4 is 4.74 Å². The highest BCUT2D eigenvalue weighted by molar-refractivity contribution is 14.1. The summed E-state index contributed by atoms with van der Waals surface area (Å²) in [6.45, 7) is 2.17. The predicted molar refractivity (Wildman–Crippen MR) is 124 cm³/mol. The smallest absolute Gasteiger partial charge is 0.171 e. The van der Waals surface area contributed by atoms with Gasteiger partial charge in [0.05, 0.1) is 16.9 Å². The van der Waals surface area contributed by atoms with Crippen molar-refractivity contribution in [2.45, 2.75) is 19.4 Å². The van der Waals surface area contributed by atoms with Crippen molar-refractivity contribution in [1.82, 2.24) is 14.7 Å². The Kier molecular flexibility index (Phi) is 5.37. The Balaban J connectivity index is 1.55. The maximum Gasteiger partial charge on any atom is 0.171 e. The number of ketones is 1. The first-order valence-electron chi connectivity index (χ1n) is 10.4. The molecule has 0 amide bonds. The number of carbonyl (C=O) groups is 1. The van der Waals surface area contributed by atoms with E-state index in [1.807, 2.05) is 35.0 Å². The summed E-state index contributed by atoms with van der Waals surface area (Å²) in [5.41, 5.74) is 3.56. The number of piperidine rings is 1. The van der Waals surface area contributed by atoms with Gasteiger partial charge in [0.1, 0.15) is 18.1 Å². The molecular weight excluding hydrogens is 489 g/mol. The summed E-state index contributed by atoms with van der Waals surface area (Å²) >= 11 is 2.31. The first-order chi connectivity index (χ1) is 14.6. The second kappa shape index (κ2) is 8.15. The molecule has 1 aliphatic heterocycles. The average molecular weight is 513 g/mol. The zero-order valence-corrected chi connectivity index (χ0v) is 19.1. The number of aromatic nitrogens is 2. The van der Waals surface area contributed by atoms with Gasteiger partial charge in [0.25, 0.3) is 0 Å². The van der Waals surface area contributed by atoms with E-state index in [9.17, 15) is 4.79 Å². The van der Waals surface area contributed by atoms with E-state index in [0.29, 0.717) is 12.5 Å². The lowest BCUT2D eigenvalue weighted by molar-refractivity contribution is 0.0702. The zero-order valence-electron chi connectivity index (χ0n) is 16.9. The van der Waals surface area contributed by atoms with Crippen LogP contribution >= 0.6 is 22.6 Å². The van der Waals surface area contributed by atoms with E-state index < -0.39 is 0 Å². The maximum atomic E-state index is 13.6. The lowest BCUT2D eigenvalue weighted by Gasteiger charge is -2.38. The SMILES string of the molecule is CN1CCC2Cc3c(c(COc4ccccc4)nn3-c3ccc(I)cc3)C(=O)C2C1. The molecule has 3 aromatic rings. The molecule has 0 saturated carbocycles. The summed E-state index contributed by atoms with van der Waals surface area (Å²) in [6, 6.07) is 18.0. The highest BCUT2D eigenvalue weighted by atomic mass is 127. The summed E-state index contributed by atoms with van der Waals surface area (Å²) in [4.78, 5) is 15.9. The summed E-state index contributed by atoms with van der Waals surface area (Å²) in [5, 5.41) is 4.89. The zero-order chi connectivity index (χ0) is 20.7. The van der Waals surface area contributed by atoms with Crippen LogP contribution in [0.15, 0.2) is 54.6 Å². The fraction of sp³-hybridized carbons (Fsp3) is 0.333. The number of rotatable bonds is 4. The molecule has 0 bridgehead atoms. The fourth-order valence-corrected chi connectivity index (χ4v) is 5.04. The number of likely N-dealkylation sites (tertiary alicyclic amines) is 1. The number of carbonyl (C=O) groups excluding carboxylic acids is 1. The van der Waals surface area contributed by atoms with Crippen LogP contribution in [0.4, 0.5) is 0 Å². The van der Waals surface area contributed by atoms with Gasteiger partial charge >= 0.3 is 0 Å². The molecule has 6 heteroatoms. The lowest BCUT2D eigenvalue weighted by Crippen LogP contribution is -2.45. The molecule has 154 valence electrons. The van der Waals surface area contributed by atoms with E-state index in [0.717, 1.165) is 54.3 Å². The molecule has 1 aromatic heterocycles. The Bertz CT molecular complexity index is 1060. The fourth-order valence-electron chi connectivity index (χ4n) is 4.68. The Morgan fingerprint density at radius 2 is 1.90 bits per heavy atom. The van der Waals surface area contributed by atoms with E-state index in [1.165, 1.54) is 3.57 Å². The molecule has 1 aliphatic carbocycles.